The average Bonchev–Trinajstić information content (AvgIpc) is 2.60. The van der Waals surface area contributed by atoms with E-state index in [1.54, 1.807) is 48.5 Å². The van der Waals surface area contributed by atoms with Gasteiger partial charge < -0.3 is 0 Å². The Morgan fingerprint density at radius 2 is 1.60 bits per heavy atom. The standard InChI is InChI=1S/C20H18ClNO2S/c1-16-7-5-10-19(13-16)22(15-17-8-6-9-18(21)14-17)25(23,24)20-11-3-2-4-12-20/h2-14H,15H2,1H3. The van der Waals surface area contributed by atoms with E-state index in [1.807, 2.05) is 37.3 Å². The molecule has 25 heavy (non-hydrogen) atoms. The lowest BCUT2D eigenvalue weighted by atomic mass is 10.2. The first-order chi connectivity index (χ1) is 12.0. The molecule has 0 saturated heterocycles. The highest BCUT2D eigenvalue weighted by atomic mass is 35.5. The Morgan fingerprint density at radius 1 is 0.880 bits per heavy atom. The number of rotatable bonds is 5. The molecule has 0 unspecified atom stereocenters. The Kier molecular flexibility index (Phi) is 5.11. The van der Waals surface area contributed by atoms with Crippen LogP contribution in [0.3, 0.4) is 0 Å². The van der Waals surface area contributed by atoms with E-state index >= 15 is 0 Å². The molecular formula is C20H18ClNO2S. The quantitative estimate of drug-likeness (QED) is 0.629. The molecule has 5 heteroatoms. The van der Waals surface area contributed by atoms with Gasteiger partial charge in [0.2, 0.25) is 0 Å². The lowest BCUT2D eigenvalue weighted by molar-refractivity contribution is 0.590. The number of hydrogen-bond acceptors (Lipinski definition) is 2. The van der Waals surface area contributed by atoms with Crippen molar-refractivity contribution in [2.75, 3.05) is 4.31 Å². The van der Waals surface area contributed by atoms with E-state index in [-0.39, 0.29) is 11.4 Å². The van der Waals surface area contributed by atoms with Crippen LogP contribution in [0.1, 0.15) is 11.1 Å². The number of anilines is 1. The largest absolute Gasteiger partial charge is 0.264 e. The fraction of sp³-hybridized carbons (Fsp3) is 0.100. The predicted molar refractivity (Wildman–Crippen MR) is 102 cm³/mol. The van der Waals surface area contributed by atoms with Gasteiger partial charge in [-0.1, -0.05) is 54.1 Å². The summed E-state index contributed by atoms with van der Waals surface area (Å²) in [5.74, 6) is 0. The van der Waals surface area contributed by atoms with Crippen LogP contribution in [-0.4, -0.2) is 8.42 Å². The Hall–Kier alpha value is -2.30. The van der Waals surface area contributed by atoms with Crippen molar-refractivity contribution in [1.82, 2.24) is 0 Å². The van der Waals surface area contributed by atoms with Crippen molar-refractivity contribution in [2.24, 2.45) is 0 Å². The number of aryl methyl sites for hydroxylation is 1. The number of benzene rings is 3. The normalized spacial score (nSPS) is 11.3. The fourth-order valence-corrected chi connectivity index (χ4v) is 4.30. The van der Waals surface area contributed by atoms with E-state index in [9.17, 15) is 8.42 Å². The van der Waals surface area contributed by atoms with Crippen molar-refractivity contribution >= 4 is 27.3 Å². The maximum absolute atomic E-state index is 13.2. The van der Waals surface area contributed by atoms with Crippen LogP contribution in [0.2, 0.25) is 5.02 Å². The molecular weight excluding hydrogens is 354 g/mol. The van der Waals surface area contributed by atoms with Crippen molar-refractivity contribution in [3.05, 3.63) is 95.0 Å². The van der Waals surface area contributed by atoms with Crippen LogP contribution in [0.15, 0.2) is 83.8 Å². The Labute approximate surface area is 153 Å². The third kappa shape index (κ3) is 4.03. The van der Waals surface area contributed by atoms with Gasteiger partial charge >= 0.3 is 0 Å². The summed E-state index contributed by atoms with van der Waals surface area (Å²) in [7, 11) is -3.69. The number of hydrogen-bond donors (Lipinski definition) is 0. The van der Waals surface area contributed by atoms with E-state index in [0.717, 1.165) is 11.1 Å². The first-order valence-corrected chi connectivity index (χ1v) is 9.67. The summed E-state index contributed by atoms with van der Waals surface area (Å²) in [5.41, 5.74) is 2.45. The topological polar surface area (TPSA) is 37.4 Å². The summed E-state index contributed by atoms with van der Waals surface area (Å²) in [6.07, 6.45) is 0. The minimum Gasteiger partial charge on any atom is -0.262 e. The minimum absolute atomic E-state index is 0.210. The summed E-state index contributed by atoms with van der Waals surface area (Å²) in [5, 5.41) is 0.582. The molecule has 0 aliphatic carbocycles. The van der Waals surface area contributed by atoms with Gasteiger partial charge in [0.15, 0.2) is 0 Å². The first-order valence-electron chi connectivity index (χ1n) is 7.86. The molecule has 0 aromatic heterocycles. The Balaban J connectivity index is 2.09. The van der Waals surface area contributed by atoms with Crippen molar-refractivity contribution in [1.29, 1.82) is 0 Å². The predicted octanol–water partition coefficient (Wildman–Crippen LogP) is 5.04. The van der Waals surface area contributed by atoms with Gasteiger partial charge in [0.05, 0.1) is 17.1 Å². The minimum atomic E-state index is -3.69. The van der Waals surface area contributed by atoms with Gasteiger partial charge in [-0.15, -0.1) is 0 Å². The highest BCUT2D eigenvalue weighted by molar-refractivity contribution is 7.92. The molecule has 0 heterocycles. The van der Waals surface area contributed by atoms with Crippen molar-refractivity contribution in [3.63, 3.8) is 0 Å². The smallest absolute Gasteiger partial charge is 0.262 e. The fourth-order valence-electron chi connectivity index (χ4n) is 2.62. The van der Waals surface area contributed by atoms with Crippen LogP contribution in [-0.2, 0) is 16.6 Å². The Morgan fingerprint density at radius 3 is 2.28 bits per heavy atom. The van der Waals surface area contributed by atoms with Crippen LogP contribution in [0.4, 0.5) is 5.69 Å². The van der Waals surface area contributed by atoms with E-state index in [1.165, 1.54) is 4.31 Å². The van der Waals surface area contributed by atoms with E-state index in [4.69, 9.17) is 11.6 Å². The molecule has 0 atom stereocenters. The van der Waals surface area contributed by atoms with E-state index in [2.05, 4.69) is 0 Å². The van der Waals surface area contributed by atoms with Crippen molar-refractivity contribution in [2.45, 2.75) is 18.4 Å². The number of halogens is 1. The highest BCUT2D eigenvalue weighted by Crippen LogP contribution is 2.27. The van der Waals surface area contributed by atoms with Crippen molar-refractivity contribution < 1.29 is 8.42 Å². The molecule has 128 valence electrons. The SMILES string of the molecule is Cc1cccc(N(Cc2cccc(Cl)c2)S(=O)(=O)c2ccccc2)c1. The Bertz CT molecular complexity index is 972. The molecule has 3 aromatic carbocycles. The molecule has 0 aliphatic rings. The molecule has 3 aromatic rings. The number of sulfonamides is 1. The van der Waals surface area contributed by atoms with E-state index in [0.29, 0.717) is 10.7 Å². The molecule has 0 amide bonds. The zero-order valence-electron chi connectivity index (χ0n) is 13.8. The molecule has 0 bridgehead atoms. The molecule has 0 N–H and O–H groups in total. The zero-order valence-corrected chi connectivity index (χ0v) is 15.3. The maximum Gasteiger partial charge on any atom is 0.264 e. The summed E-state index contributed by atoms with van der Waals surface area (Å²) in [6, 6.07) is 23.2. The van der Waals surface area contributed by atoms with Gasteiger partial charge in [0.1, 0.15) is 0 Å². The van der Waals surface area contributed by atoms with Gasteiger partial charge in [0, 0.05) is 5.02 Å². The average molecular weight is 372 g/mol. The second-order valence-electron chi connectivity index (χ2n) is 5.79. The third-order valence-corrected chi connectivity index (χ3v) is 5.86. The summed E-state index contributed by atoms with van der Waals surface area (Å²) in [4.78, 5) is 0.263. The second-order valence-corrected chi connectivity index (χ2v) is 8.09. The number of nitrogens with zero attached hydrogens (tertiary/aromatic N) is 1. The zero-order chi connectivity index (χ0) is 17.9. The molecule has 3 nitrogen and oxygen atoms in total. The lowest BCUT2D eigenvalue weighted by Crippen LogP contribution is -2.30. The summed E-state index contributed by atoms with van der Waals surface area (Å²) < 4.78 is 27.9. The lowest BCUT2D eigenvalue weighted by Gasteiger charge is -2.25. The van der Waals surface area contributed by atoms with Crippen LogP contribution in [0.25, 0.3) is 0 Å². The van der Waals surface area contributed by atoms with Gasteiger partial charge in [-0.05, 0) is 54.4 Å². The van der Waals surface area contributed by atoms with Gasteiger partial charge in [-0.3, -0.25) is 4.31 Å². The molecule has 0 saturated carbocycles. The highest BCUT2D eigenvalue weighted by Gasteiger charge is 2.25. The van der Waals surface area contributed by atoms with Crippen LogP contribution < -0.4 is 4.31 Å². The maximum atomic E-state index is 13.2. The molecule has 0 fully saturated rings. The van der Waals surface area contributed by atoms with Gasteiger partial charge in [-0.25, -0.2) is 8.42 Å². The third-order valence-electron chi connectivity index (χ3n) is 3.84. The first kappa shape index (κ1) is 17.5. The molecule has 0 radical (unpaired) electrons. The van der Waals surface area contributed by atoms with Crippen molar-refractivity contribution in [3.8, 4) is 0 Å². The van der Waals surface area contributed by atoms with Crippen LogP contribution in [0, 0.1) is 6.92 Å². The summed E-state index contributed by atoms with van der Waals surface area (Å²) >= 11 is 6.06. The van der Waals surface area contributed by atoms with Gasteiger partial charge in [0.25, 0.3) is 10.0 Å². The summed E-state index contributed by atoms with van der Waals surface area (Å²) in [6.45, 7) is 2.15. The monoisotopic (exact) mass is 371 g/mol. The van der Waals surface area contributed by atoms with E-state index < -0.39 is 10.0 Å². The molecule has 0 aliphatic heterocycles. The molecule has 3 rings (SSSR count). The molecule has 0 spiro atoms. The van der Waals surface area contributed by atoms with Gasteiger partial charge in [-0.2, -0.15) is 0 Å². The second kappa shape index (κ2) is 7.30. The van der Waals surface area contributed by atoms with Crippen LogP contribution >= 0.6 is 11.6 Å². The van der Waals surface area contributed by atoms with Crippen LogP contribution in [0.5, 0.6) is 0 Å².